The smallest absolute Gasteiger partial charge is 0.338 e. The number of imide groups is 1. The summed E-state index contributed by atoms with van der Waals surface area (Å²) in [4.78, 5) is 53.1. The van der Waals surface area contributed by atoms with Gasteiger partial charge in [0.25, 0.3) is 11.8 Å². The van der Waals surface area contributed by atoms with Crippen LogP contribution in [-0.2, 0) is 18.9 Å². The van der Waals surface area contributed by atoms with Crippen molar-refractivity contribution in [1.29, 1.82) is 0 Å². The standard InChI is InChI=1S/C29H25NO9/c1-36-29-22(30-25(32)19-14-8-9-15-20(19)26(30)33)24(39-28(35)18-12-6-3-7-13-18)23(31)21(38-29)16-37-27(34)17-10-4-2-5-11-17/h2-15,21-24,29,31H,16H2,1H3/t21-,22-,23-,24-,29-/m1/s1. The van der Waals surface area contributed by atoms with E-state index in [0.717, 1.165) is 4.90 Å². The summed E-state index contributed by atoms with van der Waals surface area (Å²) in [5, 5.41) is 11.3. The fraction of sp³-hybridized carbons (Fsp3) is 0.241. The largest absolute Gasteiger partial charge is 0.459 e. The zero-order valence-corrected chi connectivity index (χ0v) is 20.8. The van der Waals surface area contributed by atoms with Crippen LogP contribution in [0.4, 0.5) is 0 Å². The van der Waals surface area contributed by atoms with E-state index in [0.29, 0.717) is 5.56 Å². The number of aliphatic hydroxyl groups is 1. The van der Waals surface area contributed by atoms with E-state index in [2.05, 4.69) is 0 Å². The van der Waals surface area contributed by atoms with Crippen LogP contribution < -0.4 is 0 Å². The first-order valence-electron chi connectivity index (χ1n) is 12.2. The number of nitrogens with zero attached hydrogens (tertiary/aromatic N) is 1. The molecule has 0 bridgehead atoms. The van der Waals surface area contributed by atoms with Crippen molar-refractivity contribution in [3.63, 3.8) is 0 Å². The lowest BCUT2D eigenvalue weighted by molar-refractivity contribution is -0.271. The molecule has 3 aromatic rings. The highest BCUT2D eigenvalue weighted by atomic mass is 16.7. The molecule has 10 nitrogen and oxygen atoms in total. The number of aliphatic hydroxyl groups excluding tert-OH is 1. The van der Waals surface area contributed by atoms with Gasteiger partial charge in [-0.15, -0.1) is 0 Å². The van der Waals surface area contributed by atoms with Gasteiger partial charge in [-0.05, 0) is 36.4 Å². The average Bonchev–Trinajstić information content (AvgIpc) is 3.23. The monoisotopic (exact) mass is 531 g/mol. The molecule has 0 spiro atoms. The number of carbonyl (C=O) groups excluding carboxylic acids is 4. The van der Waals surface area contributed by atoms with Gasteiger partial charge in [0.05, 0.1) is 22.3 Å². The number of amides is 2. The third-order valence-corrected chi connectivity index (χ3v) is 6.64. The maximum absolute atomic E-state index is 13.3. The van der Waals surface area contributed by atoms with Crippen LogP contribution in [0, 0.1) is 0 Å². The molecule has 2 aliphatic heterocycles. The normalized spacial score (nSPS) is 24.3. The van der Waals surface area contributed by atoms with E-state index in [1.165, 1.54) is 31.4 Å². The first kappa shape index (κ1) is 26.2. The van der Waals surface area contributed by atoms with Crippen molar-refractivity contribution in [2.75, 3.05) is 13.7 Å². The third kappa shape index (κ3) is 5.05. The minimum Gasteiger partial charge on any atom is -0.459 e. The molecule has 10 heteroatoms. The molecule has 200 valence electrons. The maximum atomic E-state index is 13.3. The molecule has 0 aliphatic carbocycles. The topological polar surface area (TPSA) is 129 Å². The van der Waals surface area contributed by atoms with E-state index in [-0.39, 0.29) is 16.7 Å². The molecular formula is C29H25NO9. The Labute approximate surface area is 223 Å². The zero-order valence-electron chi connectivity index (χ0n) is 20.8. The molecule has 0 saturated carbocycles. The molecule has 0 aromatic heterocycles. The quantitative estimate of drug-likeness (QED) is 0.361. The Morgan fingerprint density at radius 1 is 0.821 bits per heavy atom. The number of methoxy groups -OCH3 is 1. The molecule has 2 aliphatic rings. The first-order chi connectivity index (χ1) is 18.9. The van der Waals surface area contributed by atoms with Gasteiger partial charge >= 0.3 is 11.9 Å². The van der Waals surface area contributed by atoms with Crippen LogP contribution in [0.2, 0.25) is 0 Å². The van der Waals surface area contributed by atoms with Crippen molar-refractivity contribution in [2.24, 2.45) is 0 Å². The summed E-state index contributed by atoms with van der Waals surface area (Å²) in [6.07, 6.45) is -5.59. The minimum absolute atomic E-state index is 0.166. The van der Waals surface area contributed by atoms with Crippen molar-refractivity contribution in [2.45, 2.75) is 30.6 Å². The van der Waals surface area contributed by atoms with Crippen LogP contribution in [0.5, 0.6) is 0 Å². The fourth-order valence-corrected chi connectivity index (χ4v) is 4.70. The predicted molar refractivity (Wildman–Crippen MR) is 135 cm³/mol. The highest BCUT2D eigenvalue weighted by Gasteiger charge is 2.55. The second kappa shape index (κ2) is 11.2. The van der Waals surface area contributed by atoms with Gasteiger partial charge in [-0.1, -0.05) is 48.5 Å². The van der Waals surface area contributed by atoms with Gasteiger partial charge in [0, 0.05) is 7.11 Å². The van der Waals surface area contributed by atoms with Gasteiger partial charge in [-0.3, -0.25) is 14.5 Å². The number of carbonyl (C=O) groups is 4. The Hall–Kier alpha value is -4.38. The summed E-state index contributed by atoms with van der Waals surface area (Å²) < 4.78 is 22.5. The number of fused-ring (bicyclic) bond motifs is 1. The molecule has 5 rings (SSSR count). The molecule has 39 heavy (non-hydrogen) atoms. The van der Waals surface area contributed by atoms with Crippen molar-refractivity contribution in [1.82, 2.24) is 4.90 Å². The van der Waals surface area contributed by atoms with E-state index in [9.17, 15) is 24.3 Å². The second-order valence-electron chi connectivity index (χ2n) is 8.99. The van der Waals surface area contributed by atoms with Crippen molar-refractivity contribution >= 4 is 23.8 Å². The van der Waals surface area contributed by atoms with Crippen LogP contribution in [0.1, 0.15) is 41.4 Å². The molecule has 0 unspecified atom stereocenters. The number of benzene rings is 3. The van der Waals surface area contributed by atoms with Gasteiger partial charge < -0.3 is 24.1 Å². The van der Waals surface area contributed by atoms with E-state index in [1.807, 2.05) is 0 Å². The van der Waals surface area contributed by atoms with Crippen molar-refractivity contribution in [3.05, 3.63) is 107 Å². The van der Waals surface area contributed by atoms with Crippen LogP contribution in [0.25, 0.3) is 0 Å². The lowest BCUT2D eigenvalue weighted by Crippen LogP contribution is -2.66. The summed E-state index contributed by atoms with van der Waals surface area (Å²) in [5.41, 5.74) is 0.818. The Balaban J connectivity index is 1.45. The van der Waals surface area contributed by atoms with Crippen LogP contribution in [-0.4, -0.2) is 78.1 Å². The second-order valence-corrected chi connectivity index (χ2v) is 8.99. The Kier molecular flexibility index (Phi) is 7.51. The highest BCUT2D eigenvalue weighted by molar-refractivity contribution is 6.21. The minimum atomic E-state index is -1.60. The lowest BCUT2D eigenvalue weighted by Gasteiger charge is -2.45. The highest BCUT2D eigenvalue weighted by Crippen LogP contribution is 2.34. The van der Waals surface area contributed by atoms with Gasteiger partial charge in [0.15, 0.2) is 12.4 Å². The van der Waals surface area contributed by atoms with Crippen LogP contribution >= 0.6 is 0 Å². The van der Waals surface area contributed by atoms with Gasteiger partial charge in [-0.25, -0.2) is 9.59 Å². The van der Waals surface area contributed by atoms with Gasteiger partial charge in [0.1, 0.15) is 24.9 Å². The molecule has 2 amide bonds. The number of esters is 2. The zero-order chi connectivity index (χ0) is 27.5. The van der Waals surface area contributed by atoms with Gasteiger partial charge in [0.2, 0.25) is 0 Å². The molecule has 1 fully saturated rings. The predicted octanol–water partition coefficient (Wildman–Crippen LogP) is 2.47. The number of hydrogen-bond donors (Lipinski definition) is 1. The molecule has 3 aromatic carbocycles. The Morgan fingerprint density at radius 2 is 1.33 bits per heavy atom. The summed E-state index contributed by atoms with van der Waals surface area (Å²) in [6, 6.07) is 21.2. The average molecular weight is 532 g/mol. The van der Waals surface area contributed by atoms with E-state index in [4.69, 9.17) is 18.9 Å². The molecule has 1 saturated heterocycles. The Morgan fingerprint density at radius 3 is 1.87 bits per heavy atom. The summed E-state index contributed by atoms with van der Waals surface area (Å²) in [7, 11) is 1.29. The van der Waals surface area contributed by atoms with Gasteiger partial charge in [-0.2, -0.15) is 0 Å². The summed E-state index contributed by atoms with van der Waals surface area (Å²) in [5.74, 6) is -2.74. The van der Waals surface area contributed by atoms with Crippen molar-refractivity contribution < 1.29 is 43.2 Å². The van der Waals surface area contributed by atoms with Crippen LogP contribution in [0.15, 0.2) is 84.9 Å². The van der Waals surface area contributed by atoms with Crippen LogP contribution in [0.3, 0.4) is 0 Å². The lowest BCUT2D eigenvalue weighted by atomic mass is 9.95. The maximum Gasteiger partial charge on any atom is 0.338 e. The van der Waals surface area contributed by atoms with Crippen molar-refractivity contribution in [3.8, 4) is 0 Å². The molecule has 5 atom stereocenters. The molecular weight excluding hydrogens is 506 g/mol. The third-order valence-electron chi connectivity index (χ3n) is 6.64. The van der Waals surface area contributed by atoms with E-state index >= 15 is 0 Å². The van der Waals surface area contributed by atoms with E-state index in [1.54, 1.807) is 60.7 Å². The SMILES string of the molecule is CO[C@@H]1O[C@H](COC(=O)c2ccccc2)[C@@H](O)[C@H](OC(=O)c2ccccc2)[C@H]1N1C(=O)c2ccccc2C1=O. The number of hydrogen-bond acceptors (Lipinski definition) is 9. The fourth-order valence-electron chi connectivity index (χ4n) is 4.70. The van der Waals surface area contributed by atoms with E-state index < -0.39 is 61.0 Å². The Bertz CT molecular complexity index is 1340. The summed E-state index contributed by atoms with van der Waals surface area (Å²) in [6.45, 7) is -0.414. The molecule has 2 heterocycles. The number of rotatable bonds is 7. The summed E-state index contributed by atoms with van der Waals surface area (Å²) >= 11 is 0. The molecule has 1 N–H and O–H groups in total. The number of ether oxygens (including phenoxy) is 4. The molecule has 0 radical (unpaired) electrons. The first-order valence-corrected chi connectivity index (χ1v) is 12.2.